The maximum Gasteiger partial charge on any atom is 0.387 e. The van der Waals surface area contributed by atoms with Crippen LogP contribution in [0.3, 0.4) is 0 Å². The Morgan fingerprint density at radius 1 is 1.21 bits per heavy atom. The molecule has 29 heavy (non-hydrogen) atoms. The van der Waals surface area contributed by atoms with E-state index in [9.17, 15) is 13.6 Å². The number of ether oxygens (including phenoxy) is 2. The lowest BCUT2D eigenvalue weighted by Crippen LogP contribution is -2.15. The lowest BCUT2D eigenvalue weighted by molar-refractivity contribution is -0.0515. The number of hydrogen-bond acceptors (Lipinski definition) is 5. The van der Waals surface area contributed by atoms with E-state index in [0.717, 1.165) is 16.2 Å². The first-order valence-corrected chi connectivity index (χ1v) is 9.39. The fourth-order valence-electron chi connectivity index (χ4n) is 2.86. The zero-order chi connectivity index (χ0) is 20.4. The number of aromatic nitrogens is 2. The van der Waals surface area contributed by atoms with Crippen molar-refractivity contribution in [3.05, 3.63) is 65.8 Å². The summed E-state index contributed by atoms with van der Waals surface area (Å²) in [6, 6.07) is 11.4. The highest BCUT2D eigenvalue weighted by atomic mass is 32.1. The second kappa shape index (κ2) is 7.88. The molecule has 6 nitrogen and oxygen atoms in total. The minimum absolute atomic E-state index is 0.0491. The number of alkyl halides is 2. The second-order valence-corrected chi connectivity index (χ2v) is 6.84. The van der Waals surface area contributed by atoms with Gasteiger partial charge in [0.1, 0.15) is 0 Å². The number of halogens is 2. The Bertz CT molecular complexity index is 1130. The van der Waals surface area contributed by atoms with E-state index in [1.165, 1.54) is 36.6 Å². The third-order valence-electron chi connectivity index (χ3n) is 4.18. The molecule has 0 radical (unpaired) electrons. The average molecular weight is 415 g/mol. The molecule has 0 aliphatic heterocycles. The van der Waals surface area contributed by atoms with Gasteiger partial charge in [0.2, 0.25) is 0 Å². The Hall–Kier alpha value is -3.46. The molecule has 0 bridgehead atoms. The van der Waals surface area contributed by atoms with E-state index in [-0.39, 0.29) is 17.1 Å². The smallest absolute Gasteiger partial charge is 0.387 e. The van der Waals surface area contributed by atoms with E-state index in [4.69, 9.17) is 4.74 Å². The van der Waals surface area contributed by atoms with Crippen molar-refractivity contribution >= 4 is 27.9 Å². The van der Waals surface area contributed by atoms with Crippen LogP contribution in [-0.2, 0) is 0 Å². The molecule has 148 valence electrons. The molecule has 2 aromatic heterocycles. The highest BCUT2D eigenvalue weighted by Gasteiger charge is 2.20. The Kier molecular flexibility index (Phi) is 5.13. The molecule has 0 unspecified atom stereocenters. The van der Waals surface area contributed by atoms with Gasteiger partial charge in [-0.1, -0.05) is 18.2 Å². The number of fused-ring (bicyclic) bond motifs is 1. The minimum atomic E-state index is -3.08. The fourth-order valence-corrected chi connectivity index (χ4v) is 3.56. The number of carbonyl (C=O) groups is 1. The van der Waals surface area contributed by atoms with Gasteiger partial charge in [0.25, 0.3) is 5.91 Å². The lowest BCUT2D eigenvalue weighted by atomic mass is 10.1. The van der Waals surface area contributed by atoms with E-state index in [1.807, 2.05) is 34.3 Å². The van der Waals surface area contributed by atoms with Crippen LogP contribution in [0.15, 0.2) is 60.2 Å². The number of imidazole rings is 1. The first kappa shape index (κ1) is 18.9. The van der Waals surface area contributed by atoms with Crippen molar-refractivity contribution in [3.8, 4) is 22.8 Å². The molecular weight excluding hydrogens is 400 g/mol. The standard InChI is InChI=1S/C20H15F2N3O3S/c1-27-16-4-2-3-14(17(16)28-19(21)22)18(26)23-13-7-5-12(6-8-13)15-11-25-9-10-29-20(25)24-15/h2-11,19H,1H3,(H,23,26). The van der Waals surface area contributed by atoms with Gasteiger partial charge in [-0.05, 0) is 24.3 Å². The van der Waals surface area contributed by atoms with Crippen LogP contribution in [0.4, 0.5) is 14.5 Å². The van der Waals surface area contributed by atoms with Crippen molar-refractivity contribution in [1.29, 1.82) is 0 Å². The Morgan fingerprint density at radius 3 is 2.69 bits per heavy atom. The van der Waals surface area contributed by atoms with Gasteiger partial charge >= 0.3 is 6.61 Å². The predicted molar refractivity (Wildman–Crippen MR) is 106 cm³/mol. The summed E-state index contributed by atoms with van der Waals surface area (Å²) in [6.45, 7) is -3.08. The van der Waals surface area contributed by atoms with Crippen molar-refractivity contribution in [2.75, 3.05) is 12.4 Å². The molecule has 2 heterocycles. The maximum atomic E-state index is 12.7. The van der Waals surface area contributed by atoms with Crippen molar-refractivity contribution in [2.45, 2.75) is 6.61 Å². The van der Waals surface area contributed by atoms with Crippen LogP contribution in [0.25, 0.3) is 16.2 Å². The zero-order valence-electron chi connectivity index (χ0n) is 15.1. The highest BCUT2D eigenvalue weighted by molar-refractivity contribution is 7.15. The summed E-state index contributed by atoms with van der Waals surface area (Å²) < 4.78 is 37.0. The van der Waals surface area contributed by atoms with Gasteiger partial charge in [-0.3, -0.25) is 9.20 Å². The van der Waals surface area contributed by atoms with Gasteiger partial charge in [0.05, 0.1) is 18.4 Å². The third-order valence-corrected chi connectivity index (χ3v) is 4.95. The molecule has 0 atom stereocenters. The van der Waals surface area contributed by atoms with Crippen LogP contribution in [0.1, 0.15) is 10.4 Å². The molecule has 0 spiro atoms. The molecule has 2 aromatic carbocycles. The highest BCUT2D eigenvalue weighted by Crippen LogP contribution is 2.33. The van der Waals surface area contributed by atoms with Crippen molar-refractivity contribution in [3.63, 3.8) is 0 Å². The normalized spacial score (nSPS) is 11.0. The van der Waals surface area contributed by atoms with Crippen LogP contribution < -0.4 is 14.8 Å². The SMILES string of the molecule is COc1cccc(C(=O)Nc2ccc(-c3cn4ccsc4n3)cc2)c1OC(F)F. The van der Waals surface area contributed by atoms with Gasteiger partial charge in [0.15, 0.2) is 16.5 Å². The number of para-hydroxylation sites is 1. The largest absolute Gasteiger partial charge is 0.493 e. The summed E-state index contributed by atoms with van der Waals surface area (Å²) in [5.41, 5.74) is 2.16. The summed E-state index contributed by atoms with van der Waals surface area (Å²) in [5.74, 6) is -0.847. The molecule has 1 N–H and O–H groups in total. The molecule has 4 rings (SSSR count). The number of carbonyl (C=O) groups excluding carboxylic acids is 1. The summed E-state index contributed by atoms with van der Waals surface area (Å²) in [7, 11) is 1.31. The summed E-state index contributed by atoms with van der Waals surface area (Å²) in [5, 5.41) is 4.63. The van der Waals surface area contributed by atoms with E-state index >= 15 is 0 Å². The Morgan fingerprint density at radius 2 is 2.00 bits per heavy atom. The number of benzene rings is 2. The quantitative estimate of drug-likeness (QED) is 0.485. The minimum Gasteiger partial charge on any atom is -0.493 e. The molecule has 0 aliphatic rings. The molecule has 4 aromatic rings. The van der Waals surface area contributed by atoms with Crippen molar-refractivity contribution in [1.82, 2.24) is 9.38 Å². The number of hydrogen-bond donors (Lipinski definition) is 1. The van der Waals surface area contributed by atoms with Gasteiger partial charge in [-0.25, -0.2) is 4.98 Å². The van der Waals surface area contributed by atoms with E-state index in [0.29, 0.717) is 5.69 Å². The predicted octanol–water partition coefficient (Wildman–Crippen LogP) is 4.93. The second-order valence-electron chi connectivity index (χ2n) is 5.97. The Labute approximate surface area is 168 Å². The van der Waals surface area contributed by atoms with Crippen LogP contribution in [-0.4, -0.2) is 29.0 Å². The summed E-state index contributed by atoms with van der Waals surface area (Å²) in [4.78, 5) is 18.0. The van der Waals surface area contributed by atoms with Gasteiger partial charge in [0, 0.05) is 29.0 Å². The molecule has 0 saturated carbocycles. The molecular formula is C20H15F2N3O3S. The topological polar surface area (TPSA) is 64.9 Å². The first-order chi connectivity index (χ1) is 14.0. The van der Waals surface area contributed by atoms with Gasteiger partial charge in [-0.15, -0.1) is 11.3 Å². The molecule has 9 heteroatoms. The van der Waals surface area contributed by atoms with Gasteiger partial charge < -0.3 is 14.8 Å². The van der Waals surface area contributed by atoms with Crippen molar-refractivity contribution < 1.29 is 23.0 Å². The number of anilines is 1. The van der Waals surface area contributed by atoms with Crippen LogP contribution in [0.2, 0.25) is 0 Å². The number of amides is 1. The number of thiazole rings is 1. The van der Waals surface area contributed by atoms with Gasteiger partial charge in [-0.2, -0.15) is 8.78 Å². The number of nitrogens with zero attached hydrogens (tertiary/aromatic N) is 2. The number of methoxy groups -OCH3 is 1. The monoisotopic (exact) mass is 415 g/mol. The van der Waals surface area contributed by atoms with E-state index in [1.54, 1.807) is 12.1 Å². The summed E-state index contributed by atoms with van der Waals surface area (Å²) >= 11 is 1.54. The summed E-state index contributed by atoms with van der Waals surface area (Å²) in [6.07, 6.45) is 3.85. The van der Waals surface area contributed by atoms with Crippen LogP contribution >= 0.6 is 11.3 Å². The molecule has 1 amide bonds. The molecule has 0 saturated heterocycles. The lowest BCUT2D eigenvalue weighted by Gasteiger charge is -2.14. The number of rotatable bonds is 6. The molecule has 0 fully saturated rings. The number of nitrogens with one attached hydrogen (secondary N) is 1. The van der Waals surface area contributed by atoms with E-state index in [2.05, 4.69) is 15.0 Å². The van der Waals surface area contributed by atoms with Crippen LogP contribution in [0.5, 0.6) is 11.5 Å². The molecule has 0 aliphatic carbocycles. The first-order valence-electron chi connectivity index (χ1n) is 8.51. The zero-order valence-corrected chi connectivity index (χ0v) is 16.0. The van der Waals surface area contributed by atoms with E-state index < -0.39 is 12.5 Å². The van der Waals surface area contributed by atoms with Crippen molar-refractivity contribution in [2.24, 2.45) is 0 Å². The fraction of sp³-hybridized carbons (Fsp3) is 0.100. The third kappa shape index (κ3) is 3.90. The Balaban J connectivity index is 1.55. The van der Waals surface area contributed by atoms with Crippen LogP contribution in [0, 0.1) is 0 Å². The average Bonchev–Trinajstić information content (AvgIpc) is 3.30. The maximum absolute atomic E-state index is 12.7.